The van der Waals surface area contributed by atoms with Gasteiger partial charge in [0, 0.05) is 38.1 Å². The molecular formula is C13H18N2O2. The lowest BCUT2D eigenvalue weighted by atomic mass is 10.1. The highest BCUT2D eigenvalue weighted by molar-refractivity contribution is 5.55. The molecule has 1 aromatic rings. The number of hydrogen-bond acceptors (Lipinski definition) is 3. The average Bonchev–Trinajstić information content (AvgIpc) is 2.29. The largest absolute Gasteiger partial charge is 0.378 e. The maximum absolute atomic E-state index is 10.4. The van der Waals surface area contributed by atoms with Crippen LogP contribution in [0.4, 0.5) is 5.69 Å². The van der Waals surface area contributed by atoms with E-state index in [1.807, 2.05) is 55.4 Å². The normalized spacial score (nSPS) is 12.6. The first-order valence-corrected chi connectivity index (χ1v) is 5.58. The lowest BCUT2D eigenvalue weighted by Gasteiger charge is -2.11. The van der Waals surface area contributed by atoms with Gasteiger partial charge in [-0.05, 0) is 17.7 Å². The Labute approximate surface area is 102 Å². The van der Waals surface area contributed by atoms with E-state index in [0.29, 0.717) is 6.42 Å². The Kier molecular flexibility index (Phi) is 4.69. The second kappa shape index (κ2) is 6.03. The number of anilines is 1. The van der Waals surface area contributed by atoms with Crippen LogP contribution in [0, 0.1) is 10.1 Å². The van der Waals surface area contributed by atoms with Gasteiger partial charge in [0.2, 0.25) is 6.04 Å². The number of benzene rings is 1. The molecule has 0 heterocycles. The lowest BCUT2D eigenvalue weighted by molar-refractivity contribution is -0.517. The summed E-state index contributed by atoms with van der Waals surface area (Å²) in [5.41, 5.74) is 2.20. The summed E-state index contributed by atoms with van der Waals surface area (Å²) in [5, 5.41) is 10.4. The Morgan fingerprint density at radius 2 is 1.94 bits per heavy atom. The van der Waals surface area contributed by atoms with Crippen LogP contribution in [0.5, 0.6) is 0 Å². The fourth-order valence-corrected chi connectivity index (χ4v) is 1.37. The SMILES string of the molecule is CC(C/C=C/c1ccc(N(C)C)cc1)[N+](=O)[O-]. The van der Waals surface area contributed by atoms with Crippen LogP contribution in [0.25, 0.3) is 6.08 Å². The van der Waals surface area contributed by atoms with Crippen LogP contribution < -0.4 is 4.90 Å². The molecule has 0 fully saturated rings. The summed E-state index contributed by atoms with van der Waals surface area (Å²) in [6, 6.07) is 7.53. The molecule has 0 bridgehead atoms. The third kappa shape index (κ3) is 4.26. The molecule has 0 aliphatic rings. The molecule has 0 aliphatic carbocycles. The van der Waals surface area contributed by atoms with Crippen molar-refractivity contribution in [2.24, 2.45) is 0 Å². The monoisotopic (exact) mass is 234 g/mol. The smallest absolute Gasteiger partial charge is 0.213 e. The molecule has 0 radical (unpaired) electrons. The molecule has 17 heavy (non-hydrogen) atoms. The van der Waals surface area contributed by atoms with Gasteiger partial charge >= 0.3 is 0 Å². The summed E-state index contributed by atoms with van der Waals surface area (Å²) >= 11 is 0. The summed E-state index contributed by atoms with van der Waals surface area (Å²) < 4.78 is 0. The van der Waals surface area contributed by atoms with Crippen molar-refractivity contribution in [3.8, 4) is 0 Å². The van der Waals surface area contributed by atoms with Crippen LogP contribution >= 0.6 is 0 Å². The first-order valence-electron chi connectivity index (χ1n) is 5.58. The van der Waals surface area contributed by atoms with Crippen molar-refractivity contribution in [3.05, 3.63) is 46.0 Å². The van der Waals surface area contributed by atoms with Gasteiger partial charge in [0.25, 0.3) is 0 Å². The molecule has 4 heteroatoms. The molecule has 0 N–H and O–H groups in total. The van der Waals surface area contributed by atoms with Gasteiger partial charge in [0.05, 0.1) is 0 Å². The van der Waals surface area contributed by atoms with Gasteiger partial charge in [-0.2, -0.15) is 0 Å². The summed E-state index contributed by atoms with van der Waals surface area (Å²) in [7, 11) is 3.98. The number of hydrogen-bond donors (Lipinski definition) is 0. The second-order valence-electron chi connectivity index (χ2n) is 4.26. The minimum atomic E-state index is -0.521. The quantitative estimate of drug-likeness (QED) is 0.581. The molecule has 0 aliphatic heterocycles. The van der Waals surface area contributed by atoms with Gasteiger partial charge in [-0.15, -0.1) is 0 Å². The van der Waals surface area contributed by atoms with E-state index in [9.17, 15) is 10.1 Å². The van der Waals surface area contributed by atoms with E-state index in [-0.39, 0.29) is 4.92 Å². The van der Waals surface area contributed by atoms with Crippen molar-refractivity contribution < 1.29 is 4.92 Å². The third-order valence-corrected chi connectivity index (χ3v) is 2.56. The van der Waals surface area contributed by atoms with Crippen molar-refractivity contribution in [1.29, 1.82) is 0 Å². The standard InChI is InChI=1S/C13H18N2O2/c1-11(15(16)17)5-4-6-12-7-9-13(10-8-12)14(2)3/h4,6-11H,5H2,1-3H3/b6-4+. The molecule has 0 saturated carbocycles. The number of rotatable bonds is 5. The highest BCUT2D eigenvalue weighted by Crippen LogP contribution is 2.13. The molecule has 92 valence electrons. The fourth-order valence-electron chi connectivity index (χ4n) is 1.37. The van der Waals surface area contributed by atoms with E-state index in [2.05, 4.69) is 0 Å². The van der Waals surface area contributed by atoms with Gasteiger partial charge in [0.15, 0.2) is 0 Å². The molecule has 0 spiro atoms. The number of nitrogens with zero attached hydrogens (tertiary/aromatic N) is 2. The zero-order valence-corrected chi connectivity index (χ0v) is 10.5. The highest BCUT2D eigenvalue weighted by Gasteiger charge is 2.08. The van der Waals surface area contributed by atoms with E-state index in [0.717, 1.165) is 11.3 Å². The zero-order chi connectivity index (χ0) is 12.8. The molecule has 1 aromatic carbocycles. The van der Waals surface area contributed by atoms with Gasteiger partial charge in [0.1, 0.15) is 0 Å². The van der Waals surface area contributed by atoms with Gasteiger partial charge in [-0.3, -0.25) is 10.1 Å². The van der Waals surface area contributed by atoms with Crippen molar-refractivity contribution in [2.45, 2.75) is 19.4 Å². The molecule has 0 saturated heterocycles. The summed E-state index contributed by atoms with van der Waals surface area (Å²) in [6.07, 6.45) is 4.22. The molecular weight excluding hydrogens is 216 g/mol. The molecule has 1 rings (SSSR count). The van der Waals surface area contributed by atoms with E-state index < -0.39 is 6.04 Å². The predicted molar refractivity (Wildman–Crippen MR) is 70.9 cm³/mol. The Morgan fingerprint density at radius 3 is 2.41 bits per heavy atom. The highest BCUT2D eigenvalue weighted by atomic mass is 16.6. The summed E-state index contributed by atoms with van der Waals surface area (Å²) in [5.74, 6) is 0. The van der Waals surface area contributed by atoms with Crippen molar-refractivity contribution in [2.75, 3.05) is 19.0 Å². The summed E-state index contributed by atoms with van der Waals surface area (Å²) in [6.45, 7) is 1.61. The van der Waals surface area contributed by atoms with E-state index in [1.165, 1.54) is 0 Å². The molecule has 0 amide bonds. The number of nitro groups is 1. The van der Waals surface area contributed by atoms with Crippen LogP contribution in [-0.4, -0.2) is 25.1 Å². The minimum Gasteiger partial charge on any atom is -0.378 e. The van der Waals surface area contributed by atoms with Crippen LogP contribution in [0.1, 0.15) is 18.9 Å². The lowest BCUT2D eigenvalue weighted by Crippen LogP contribution is -2.13. The predicted octanol–water partition coefficient (Wildman–Crippen LogP) is 2.82. The van der Waals surface area contributed by atoms with E-state index >= 15 is 0 Å². The molecule has 1 atom stereocenters. The Balaban J connectivity index is 2.57. The van der Waals surface area contributed by atoms with Crippen LogP contribution in [0.2, 0.25) is 0 Å². The Hall–Kier alpha value is -1.84. The van der Waals surface area contributed by atoms with Crippen LogP contribution in [0.3, 0.4) is 0 Å². The molecule has 1 unspecified atom stereocenters. The van der Waals surface area contributed by atoms with Gasteiger partial charge in [-0.1, -0.05) is 24.3 Å². The van der Waals surface area contributed by atoms with Gasteiger partial charge < -0.3 is 4.90 Å². The van der Waals surface area contributed by atoms with E-state index in [4.69, 9.17) is 0 Å². The van der Waals surface area contributed by atoms with Crippen LogP contribution in [-0.2, 0) is 0 Å². The zero-order valence-electron chi connectivity index (χ0n) is 10.5. The summed E-state index contributed by atoms with van der Waals surface area (Å²) in [4.78, 5) is 12.2. The first kappa shape index (κ1) is 13.2. The average molecular weight is 234 g/mol. The van der Waals surface area contributed by atoms with E-state index in [1.54, 1.807) is 6.92 Å². The topological polar surface area (TPSA) is 46.4 Å². The van der Waals surface area contributed by atoms with Crippen molar-refractivity contribution >= 4 is 11.8 Å². The van der Waals surface area contributed by atoms with Crippen molar-refractivity contribution in [3.63, 3.8) is 0 Å². The van der Waals surface area contributed by atoms with Crippen LogP contribution in [0.15, 0.2) is 30.3 Å². The molecule has 0 aromatic heterocycles. The van der Waals surface area contributed by atoms with Gasteiger partial charge in [-0.25, -0.2) is 0 Å². The first-order chi connectivity index (χ1) is 8.00. The maximum atomic E-state index is 10.4. The Bertz CT molecular complexity index is 396. The Morgan fingerprint density at radius 1 is 1.35 bits per heavy atom. The molecule has 4 nitrogen and oxygen atoms in total. The third-order valence-electron chi connectivity index (χ3n) is 2.56. The van der Waals surface area contributed by atoms with Crippen molar-refractivity contribution in [1.82, 2.24) is 0 Å². The minimum absolute atomic E-state index is 0.264. The fraction of sp³-hybridized carbons (Fsp3) is 0.385. The second-order valence-corrected chi connectivity index (χ2v) is 4.26. The maximum Gasteiger partial charge on any atom is 0.213 e.